The molecule has 1 aliphatic heterocycles. The van der Waals surface area contributed by atoms with Crippen LogP contribution in [-0.4, -0.2) is 63.1 Å². The summed E-state index contributed by atoms with van der Waals surface area (Å²) in [5.74, 6) is -0.773. The maximum absolute atomic E-state index is 14.0. The first-order chi connectivity index (χ1) is 12.8. The maximum Gasteiger partial charge on any atom is 0.243 e. The monoisotopic (exact) mass is 379 g/mol. The van der Waals surface area contributed by atoms with Gasteiger partial charge in [0.25, 0.3) is 0 Å². The Morgan fingerprint density at radius 2 is 2.04 bits per heavy atom. The third kappa shape index (κ3) is 5.94. The fourth-order valence-electron chi connectivity index (χ4n) is 2.74. The van der Waals surface area contributed by atoms with Crippen LogP contribution in [0.15, 0.2) is 35.3 Å². The molecule has 0 aliphatic carbocycles. The number of hydrogen-bond donors (Lipinski definition) is 2. The van der Waals surface area contributed by atoms with E-state index in [9.17, 15) is 13.6 Å². The van der Waals surface area contributed by atoms with E-state index in [1.165, 1.54) is 23.1 Å². The van der Waals surface area contributed by atoms with Gasteiger partial charge in [-0.1, -0.05) is 18.2 Å². The number of likely N-dealkylation sites (N-methyl/N-ethyl adjacent to an activating group) is 1. The normalized spacial score (nSPS) is 17.0. The first kappa shape index (κ1) is 20.7. The third-order valence-electron chi connectivity index (χ3n) is 4.21. The zero-order valence-corrected chi connectivity index (χ0v) is 16.1. The molecule has 0 spiro atoms. The van der Waals surface area contributed by atoms with Crippen molar-refractivity contribution in [3.05, 3.63) is 42.0 Å². The Hall–Kier alpha value is -2.64. The number of benzene rings is 1. The average Bonchev–Trinajstić information content (AvgIpc) is 3.04. The second kappa shape index (κ2) is 9.34. The molecule has 1 aliphatic rings. The van der Waals surface area contributed by atoms with Crippen LogP contribution >= 0.6 is 0 Å². The van der Waals surface area contributed by atoms with Crippen molar-refractivity contribution >= 4 is 17.6 Å². The van der Waals surface area contributed by atoms with E-state index in [2.05, 4.69) is 22.2 Å². The summed E-state index contributed by atoms with van der Waals surface area (Å²) >= 11 is 0. The topological polar surface area (TPSA) is 60.0 Å². The van der Waals surface area contributed by atoms with Crippen LogP contribution < -0.4 is 15.5 Å². The number of para-hydroxylation sites is 1. The summed E-state index contributed by atoms with van der Waals surface area (Å²) in [7, 11) is 3.34. The summed E-state index contributed by atoms with van der Waals surface area (Å²) in [6.07, 6.45) is 0.698. The molecule has 1 aromatic rings. The van der Waals surface area contributed by atoms with E-state index in [4.69, 9.17) is 0 Å². The Morgan fingerprint density at radius 1 is 1.37 bits per heavy atom. The number of nitrogens with one attached hydrogen (secondary N) is 2. The van der Waals surface area contributed by atoms with Crippen molar-refractivity contribution in [3.63, 3.8) is 0 Å². The number of hydrogen-bond acceptors (Lipinski definition) is 3. The van der Waals surface area contributed by atoms with Crippen molar-refractivity contribution in [1.82, 2.24) is 15.5 Å². The molecule has 1 heterocycles. The SMILES string of the molecule is C=C(C)CNC(=NCC(=O)N(C)C)NC1CCN(c2c(F)cccc2F)C1. The Balaban J connectivity index is 2.03. The van der Waals surface area contributed by atoms with Gasteiger partial charge in [-0.15, -0.1) is 0 Å². The van der Waals surface area contributed by atoms with Crippen LogP contribution in [0.2, 0.25) is 0 Å². The lowest BCUT2D eigenvalue weighted by atomic mass is 10.2. The van der Waals surface area contributed by atoms with E-state index in [-0.39, 0.29) is 24.2 Å². The lowest BCUT2D eigenvalue weighted by molar-refractivity contribution is -0.127. The van der Waals surface area contributed by atoms with E-state index in [1.54, 1.807) is 19.0 Å². The first-order valence-corrected chi connectivity index (χ1v) is 8.86. The number of nitrogens with zero attached hydrogens (tertiary/aromatic N) is 3. The molecule has 1 fully saturated rings. The standard InChI is InChI=1S/C19H27F2N5O/c1-13(2)10-22-19(23-11-17(27)25(3)4)24-14-8-9-26(12-14)18-15(20)6-5-7-16(18)21/h5-7,14H,1,8-12H2,2-4H3,(H2,22,23,24). The highest BCUT2D eigenvalue weighted by Gasteiger charge is 2.27. The van der Waals surface area contributed by atoms with Crippen LogP contribution in [0, 0.1) is 11.6 Å². The predicted octanol–water partition coefficient (Wildman–Crippen LogP) is 1.74. The molecule has 148 valence electrons. The van der Waals surface area contributed by atoms with Crippen LogP contribution in [-0.2, 0) is 4.79 Å². The van der Waals surface area contributed by atoms with Gasteiger partial charge >= 0.3 is 0 Å². The van der Waals surface area contributed by atoms with E-state index < -0.39 is 11.6 Å². The van der Waals surface area contributed by atoms with Gasteiger partial charge in [0.1, 0.15) is 23.9 Å². The van der Waals surface area contributed by atoms with Gasteiger partial charge in [-0.25, -0.2) is 13.8 Å². The summed E-state index contributed by atoms with van der Waals surface area (Å²) in [6, 6.07) is 3.82. The number of carbonyl (C=O) groups excluding carboxylic acids is 1. The van der Waals surface area contributed by atoms with Crippen molar-refractivity contribution in [1.29, 1.82) is 0 Å². The van der Waals surface area contributed by atoms with Gasteiger partial charge in [0, 0.05) is 39.8 Å². The summed E-state index contributed by atoms with van der Waals surface area (Å²) in [6.45, 7) is 7.21. The highest BCUT2D eigenvalue weighted by atomic mass is 19.1. The number of amides is 1. The second-order valence-corrected chi connectivity index (χ2v) is 6.91. The van der Waals surface area contributed by atoms with Crippen LogP contribution in [0.4, 0.5) is 14.5 Å². The summed E-state index contributed by atoms with van der Waals surface area (Å²) in [4.78, 5) is 19.3. The minimum atomic E-state index is -0.568. The molecular formula is C19H27F2N5O. The molecule has 1 amide bonds. The lowest BCUT2D eigenvalue weighted by Crippen LogP contribution is -2.45. The smallest absolute Gasteiger partial charge is 0.243 e. The Morgan fingerprint density at radius 3 is 2.63 bits per heavy atom. The van der Waals surface area contributed by atoms with Crippen molar-refractivity contribution in [2.75, 3.05) is 45.2 Å². The van der Waals surface area contributed by atoms with E-state index in [0.717, 1.165) is 5.57 Å². The Kier molecular flexibility index (Phi) is 7.15. The lowest BCUT2D eigenvalue weighted by Gasteiger charge is -2.21. The van der Waals surface area contributed by atoms with Crippen LogP contribution in [0.5, 0.6) is 0 Å². The first-order valence-electron chi connectivity index (χ1n) is 8.86. The predicted molar refractivity (Wildman–Crippen MR) is 104 cm³/mol. The number of halogens is 2. The minimum absolute atomic E-state index is 0.00188. The Bertz CT molecular complexity index is 700. The van der Waals surface area contributed by atoms with E-state index in [1.807, 2.05) is 6.92 Å². The van der Waals surface area contributed by atoms with Gasteiger partial charge in [-0.05, 0) is 25.5 Å². The molecule has 6 nitrogen and oxygen atoms in total. The largest absolute Gasteiger partial charge is 0.365 e. The molecule has 2 N–H and O–H groups in total. The highest BCUT2D eigenvalue weighted by molar-refractivity contribution is 5.85. The molecule has 27 heavy (non-hydrogen) atoms. The number of guanidine groups is 1. The molecule has 0 bridgehead atoms. The molecule has 0 aromatic heterocycles. The molecule has 1 unspecified atom stereocenters. The van der Waals surface area contributed by atoms with Crippen molar-refractivity contribution < 1.29 is 13.6 Å². The average molecular weight is 379 g/mol. The third-order valence-corrected chi connectivity index (χ3v) is 4.21. The molecule has 1 saturated heterocycles. The number of anilines is 1. The van der Waals surface area contributed by atoms with Crippen LogP contribution in [0.3, 0.4) is 0 Å². The van der Waals surface area contributed by atoms with Gasteiger partial charge in [-0.3, -0.25) is 4.79 Å². The number of carbonyl (C=O) groups is 1. The zero-order valence-electron chi connectivity index (χ0n) is 16.1. The molecule has 1 atom stereocenters. The van der Waals surface area contributed by atoms with E-state index in [0.29, 0.717) is 32.0 Å². The van der Waals surface area contributed by atoms with Crippen molar-refractivity contribution in [2.45, 2.75) is 19.4 Å². The van der Waals surface area contributed by atoms with Crippen LogP contribution in [0.25, 0.3) is 0 Å². The fraction of sp³-hybridized carbons (Fsp3) is 0.474. The van der Waals surface area contributed by atoms with E-state index >= 15 is 0 Å². The molecular weight excluding hydrogens is 352 g/mol. The molecule has 8 heteroatoms. The number of rotatable bonds is 6. The highest BCUT2D eigenvalue weighted by Crippen LogP contribution is 2.26. The Labute approximate surface area is 158 Å². The minimum Gasteiger partial charge on any atom is -0.365 e. The maximum atomic E-state index is 14.0. The fourth-order valence-corrected chi connectivity index (χ4v) is 2.74. The number of aliphatic imine (C=N–C) groups is 1. The van der Waals surface area contributed by atoms with Gasteiger partial charge in [0.15, 0.2) is 5.96 Å². The zero-order chi connectivity index (χ0) is 20.0. The van der Waals surface area contributed by atoms with Crippen molar-refractivity contribution in [3.8, 4) is 0 Å². The summed E-state index contributed by atoms with van der Waals surface area (Å²) < 4.78 is 28.0. The molecule has 0 saturated carbocycles. The van der Waals surface area contributed by atoms with Gasteiger partial charge in [-0.2, -0.15) is 0 Å². The summed E-state index contributed by atoms with van der Waals surface area (Å²) in [5.41, 5.74) is 0.919. The summed E-state index contributed by atoms with van der Waals surface area (Å²) in [5, 5.41) is 6.36. The van der Waals surface area contributed by atoms with Gasteiger partial charge < -0.3 is 20.4 Å². The van der Waals surface area contributed by atoms with Gasteiger partial charge in [0.2, 0.25) is 5.91 Å². The van der Waals surface area contributed by atoms with Gasteiger partial charge in [0.05, 0.1) is 0 Å². The molecule has 0 radical (unpaired) electrons. The molecule has 2 rings (SSSR count). The van der Waals surface area contributed by atoms with Crippen molar-refractivity contribution in [2.24, 2.45) is 4.99 Å². The second-order valence-electron chi connectivity index (χ2n) is 6.91. The van der Waals surface area contributed by atoms with Crippen LogP contribution in [0.1, 0.15) is 13.3 Å². The quantitative estimate of drug-likeness (QED) is 0.449. The molecule has 1 aromatic carbocycles.